The van der Waals surface area contributed by atoms with Gasteiger partial charge in [-0.15, -0.1) is 0 Å². The second-order valence-electron chi connectivity index (χ2n) is 6.52. The molecule has 2 aromatic carbocycles. The summed E-state index contributed by atoms with van der Waals surface area (Å²) in [7, 11) is -0.855. The number of benzene rings is 2. The minimum Gasteiger partial charge on any atom is -0.497 e. The molecular formula is C20H23N3O7S. The molecule has 0 bridgehead atoms. The Labute approximate surface area is 180 Å². The van der Waals surface area contributed by atoms with Crippen LogP contribution in [0, 0.1) is 0 Å². The predicted molar refractivity (Wildman–Crippen MR) is 110 cm³/mol. The lowest BCUT2D eigenvalue weighted by molar-refractivity contribution is 0.0730. The summed E-state index contributed by atoms with van der Waals surface area (Å²) in [6, 6.07) is 10.2. The lowest BCUT2D eigenvalue weighted by Crippen LogP contribution is -2.42. The highest BCUT2D eigenvalue weighted by Gasteiger charge is 2.27. The van der Waals surface area contributed by atoms with Gasteiger partial charge in [0.15, 0.2) is 0 Å². The molecule has 3 rings (SSSR count). The van der Waals surface area contributed by atoms with E-state index in [1.165, 1.54) is 54.9 Å². The molecule has 11 heteroatoms. The quantitative estimate of drug-likeness (QED) is 0.625. The minimum absolute atomic E-state index is 0.00907. The van der Waals surface area contributed by atoms with Crippen molar-refractivity contribution in [2.75, 3.05) is 40.5 Å². The number of hydrazine groups is 1. The number of amides is 2. The van der Waals surface area contributed by atoms with Gasteiger partial charge in [-0.3, -0.25) is 20.4 Å². The third kappa shape index (κ3) is 5.13. The van der Waals surface area contributed by atoms with Gasteiger partial charge in [0.05, 0.1) is 37.9 Å². The normalized spacial score (nSPS) is 14.5. The number of hydrogen-bond acceptors (Lipinski definition) is 7. The first-order valence-corrected chi connectivity index (χ1v) is 10.8. The van der Waals surface area contributed by atoms with Crippen molar-refractivity contribution in [3.05, 3.63) is 53.6 Å². The van der Waals surface area contributed by atoms with E-state index < -0.39 is 21.8 Å². The molecule has 0 saturated carbocycles. The van der Waals surface area contributed by atoms with Crippen LogP contribution in [0.2, 0.25) is 0 Å². The summed E-state index contributed by atoms with van der Waals surface area (Å²) in [4.78, 5) is 24.9. The highest BCUT2D eigenvalue weighted by molar-refractivity contribution is 7.89. The summed E-state index contributed by atoms with van der Waals surface area (Å²) in [5, 5.41) is 0. The molecule has 0 aromatic heterocycles. The lowest BCUT2D eigenvalue weighted by atomic mass is 10.2. The van der Waals surface area contributed by atoms with Crippen molar-refractivity contribution >= 4 is 21.8 Å². The smallest absolute Gasteiger partial charge is 0.273 e. The van der Waals surface area contributed by atoms with Gasteiger partial charge in [0.1, 0.15) is 11.5 Å². The first-order valence-electron chi connectivity index (χ1n) is 9.37. The SMILES string of the molecule is COc1ccc(C(=O)NNC(=O)c2cccc(S(=O)(=O)N3CCOCC3)c2)c(OC)c1. The van der Waals surface area contributed by atoms with E-state index in [9.17, 15) is 18.0 Å². The predicted octanol–water partition coefficient (Wildman–Crippen LogP) is 0.800. The van der Waals surface area contributed by atoms with Crippen LogP contribution in [0.4, 0.5) is 0 Å². The molecule has 1 heterocycles. The third-order valence-corrected chi connectivity index (χ3v) is 6.54. The average molecular weight is 449 g/mol. The fourth-order valence-corrected chi connectivity index (χ4v) is 4.43. The van der Waals surface area contributed by atoms with E-state index >= 15 is 0 Å². The molecule has 10 nitrogen and oxygen atoms in total. The molecule has 0 radical (unpaired) electrons. The van der Waals surface area contributed by atoms with Crippen LogP contribution in [-0.2, 0) is 14.8 Å². The molecule has 1 aliphatic heterocycles. The Balaban J connectivity index is 1.70. The maximum atomic E-state index is 12.8. The van der Waals surface area contributed by atoms with Gasteiger partial charge in [-0.05, 0) is 30.3 Å². The summed E-state index contributed by atoms with van der Waals surface area (Å²) in [6.45, 7) is 1.14. The molecule has 31 heavy (non-hydrogen) atoms. The standard InChI is InChI=1S/C20H23N3O7S/c1-28-15-6-7-17(18(13-15)29-2)20(25)22-21-19(24)14-4-3-5-16(12-14)31(26,27)23-8-10-30-11-9-23/h3-7,12-13H,8-11H2,1-2H3,(H,21,24)(H,22,25). The molecule has 0 aliphatic carbocycles. The number of rotatable bonds is 6. The zero-order valence-corrected chi connectivity index (χ0v) is 17.9. The maximum absolute atomic E-state index is 12.8. The Kier molecular flexibility index (Phi) is 7.10. The van der Waals surface area contributed by atoms with Gasteiger partial charge in [0, 0.05) is 24.7 Å². The molecular weight excluding hydrogens is 426 g/mol. The zero-order valence-electron chi connectivity index (χ0n) is 17.1. The van der Waals surface area contributed by atoms with E-state index in [4.69, 9.17) is 14.2 Å². The number of sulfonamides is 1. The number of nitrogens with one attached hydrogen (secondary N) is 2. The van der Waals surface area contributed by atoms with Crippen molar-refractivity contribution in [2.45, 2.75) is 4.90 Å². The Morgan fingerprint density at radius 2 is 1.68 bits per heavy atom. The van der Waals surface area contributed by atoms with Gasteiger partial charge in [0.25, 0.3) is 11.8 Å². The molecule has 1 fully saturated rings. The van der Waals surface area contributed by atoms with Gasteiger partial charge in [-0.25, -0.2) is 8.42 Å². The average Bonchev–Trinajstić information content (AvgIpc) is 2.82. The summed E-state index contributed by atoms with van der Waals surface area (Å²) >= 11 is 0. The van der Waals surface area contributed by atoms with Crippen LogP contribution in [-0.4, -0.2) is 65.1 Å². The van der Waals surface area contributed by atoms with Crippen molar-refractivity contribution < 1.29 is 32.2 Å². The number of morpholine rings is 1. The van der Waals surface area contributed by atoms with Crippen LogP contribution >= 0.6 is 0 Å². The van der Waals surface area contributed by atoms with Crippen molar-refractivity contribution in [1.82, 2.24) is 15.2 Å². The number of hydrogen-bond donors (Lipinski definition) is 2. The number of carbonyl (C=O) groups excluding carboxylic acids is 2. The topological polar surface area (TPSA) is 123 Å². The number of methoxy groups -OCH3 is 2. The second kappa shape index (κ2) is 9.77. The number of ether oxygens (including phenoxy) is 3. The van der Waals surface area contributed by atoms with Crippen LogP contribution in [0.5, 0.6) is 11.5 Å². The van der Waals surface area contributed by atoms with Crippen molar-refractivity contribution in [2.24, 2.45) is 0 Å². The summed E-state index contributed by atoms with van der Waals surface area (Å²) in [6.07, 6.45) is 0. The molecule has 166 valence electrons. The van der Waals surface area contributed by atoms with Crippen LogP contribution < -0.4 is 20.3 Å². The molecule has 1 saturated heterocycles. The third-order valence-electron chi connectivity index (χ3n) is 4.65. The summed E-state index contributed by atoms with van der Waals surface area (Å²) in [5.74, 6) is -0.495. The monoisotopic (exact) mass is 449 g/mol. The Hall–Kier alpha value is -3.15. The van der Waals surface area contributed by atoms with E-state index in [2.05, 4.69) is 10.9 Å². The first-order chi connectivity index (χ1) is 14.9. The van der Waals surface area contributed by atoms with E-state index in [0.29, 0.717) is 19.0 Å². The van der Waals surface area contributed by atoms with Crippen molar-refractivity contribution in [3.63, 3.8) is 0 Å². The maximum Gasteiger partial charge on any atom is 0.273 e. The fraction of sp³-hybridized carbons (Fsp3) is 0.300. The molecule has 2 aromatic rings. The molecule has 0 unspecified atom stereocenters. The Morgan fingerprint density at radius 1 is 0.968 bits per heavy atom. The van der Waals surface area contributed by atoms with Crippen LogP contribution in [0.15, 0.2) is 47.4 Å². The van der Waals surface area contributed by atoms with Crippen molar-refractivity contribution in [1.29, 1.82) is 0 Å². The van der Waals surface area contributed by atoms with Crippen LogP contribution in [0.25, 0.3) is 0 Å². The molecule has 1 aliphatic rings. The van der Waals surface area contributed by atoms with Crippen LogP contribution in [0.3, 0.4) is 0 Å². The highest BCUT2D eigenvalue weighted by atomic mass is 32.2. The first kappa shape index (κ1) is 22.5. The van der Waals surface area contributed by atoms with Gasteiger partial charge >= 0.3 is 0 Å². The number of nitrogens with zero attached hydrogens (tertiary/aromatic N) is 1. The summed E-state index contributed by atoms with van der Waals surface area (Å²) in [5.41, 5.74) is 4.84. The van der Waals surface area contributed by atoms with E-state index in [1.807, 2.05) is 0 Å². The highest BCUT2D eigenvalue weighted by Crippen LogP contribution is 2.24. The molecule has 2 N–H and O–H groups in total. The van der Waals surface area contributed by atoms with E-state index in [-0.39, 0.29) is 34.9 Å². The second-order valence-corrected chi connectivity index (χ2v) is 8.46. The van der Waals surface area contributed by atoms with E-state index in [0.717, 1.165) is 0 Å². The summed E-state index contributed by atoms with van der Waals surface area (Å²) < 4.78 is 42.3. The minimum atomic E-state index is -3.75. The van der Waals surface area contributed by atoms with Gasteiger partial charge in [0.2, 0.25) is 10.0 Å². The van der Waals surface area contributed by atoms with Crippen molar-refractivity contribution in [3.8, 4) is 11.5 Å². The van der Waals surface area contributed by atoms with Gasteiger partial charge < -0.3 is 14.2 Å². The van der Waals surface area contributed by atoms with E-state index in [1.54, 1.807) is 6.07 Å². The zero-order chi connectivity index (χ0) is 22.4. The van der Waals surface area contributed by atoms with Gasteiger partial charge in [-0.2, -0.15) is 4.31 Å². The Morgan fingerprint density at radius 3 is 2.35 bits per heavy atom. The fourth-order valence-electron chi connectivity index (χ4n) is 2.97. The molecule has 0 atom stereocenters. The molecule has 0 spiro atoms. The molecule has 2 amide bonds. The largest absolute Gasteiger partial charge is 0.497 e. The van der Waals surface area contributed by atoms with Gasteiger partial charge in [-0.1, -0.05) is 6.07 Å². The lowest BCUT2D eigenvalue weighted by Gasteiger charge is -2.26. The Bertz CT molecular complexity index is 1070. The number of carbonyl (C=O) groups is 2. The van der Waals surface area contributed by atoms with Crippen LogP contribution in [0.1, 0.15) is 20.7 Å².